The number of carbonyl (C=O) groups is 1. The van der Waals surface area contributed by atoms with E-state index in [2.05, 4.69) is 10.6 Å². The van der Waals surface area contributed by atoms with Crippen LogP contribution in [0.15, 0.2) is 18.2 Å². The average Bonchev–Trinajstić information content (AvgIpc) is 2.38. The van der Waals surface area contributed by atoms with E-state index in [-0.39, 0.29) is 5.91 Å². The lowest BCUT2D eigenvalue weighted by Crippen LogP contribution is -2.25. The Bertz CT molecular complexity index is 451. The van der Waals surface area contributed by atoms with Crippen molar-refractivity contribution >= 4 is 17.3 Å². The topological polar surface area (TPSA) is 90.9 Å². The summed E-state index contributed by atoms with van der Waals surface area (Å²) in [6, 6.07) is 7.17. The third-order valence-corrected chi connectivity index (χ3v) is 2.43. The van der Waals surface area contributed by atoms with Gasteiger partial charge in [-0.1, -0.05) is 6.92 Å². The molecule has 0 spiro atoms. The Labute approximate surface area is 107 Å². The number of anilines is 2. The number of nitrogen functional groups attached to an aromatic ring is 1. The predicted molar refractivity (Wildman–Crippen MR) is 72.0 cm³/mol. The monoisotopic (exact) mass is 246 g/mol. The zero-order valence-corrected chi connectivity index (χ0v) is 10.5. The van der Waals surface area contributed by atoms with Crippen LogP contribution in [0, 0.1) is 11.3 Å². The van der Waals surface area contributed by atoms with Gasteiger partial charge in [-0.3, -0.25) is 4.79 Å². The van der Waals surface area contributed by atoms with E-state index in [0.717, 1.165) is 12.1 Å². The predicted octanol–water partition coefficient (Wildman–Crippen LogP) is 1.47. The number of nitriles is 1. The quantitative estimate of drug-likeness (QED) is 0.663. The summed E-state index contributed by atoms with van der Waals surface area (Å²) in [5.41, 5.74) is 7.31. The van der Waals surface area contributed by atoms with Crippen LogP contribution in [0.1, 0.15) is 25.3 Å². The molecule has 0 aliphatic carbocycles. The molecule has 0 aliphatic rings. The lowest BCUT2D eigenvalue weighted by molar-refractivity contribution is -0.120. The van der Waals surface area contributed by atoms with E-state index < -0.39 is 0 Å². The van der Waals surface area contributed by atoms with Gasteiger partial charge in [0.25, 0.3) is 0 Å². The molecule has 96 valence electrons. The van der Waals surface area contributed by atoms with Crippen LogP contribution in [0.3, 0.4) is 0 Å². The van der Waals surface area contributed by atoms with E-state index in [1.807, 2.05) is 13.0 Å². The number of hydrogen-bond donors (Lipinski definition) is 3. The van der Waals surface area contributed by atoms with Crippen molar-refractivity contribution in [1.82, 2.24) is 5.32 Å². The second-order valence-corrected chi connectivity index (χ2v) is 3.94. The van der Waals surface area contributed by atoms with Gasteiger partial charge in [0.1, 0.15) is 6.07 Å². The van der Waals surface area contributed by atoms with Crippen LogP contribution in [-0.4, -0.2) is 19.0 Å². The largest absolute Gasteiger partial charge is 0.398 e. The van der Waals surface area contributed by atoms with Crippen LogP contribution in [0.5, 0.6) is 0 Å². The number of rotatable bonds is 6. The second kappa shape index (κ2) is 7.17. The summed E-state index contributed by atoms with van der Waals surface area (Å²) in [4.78, 5) is 11.3. The Morgan fingerprint density at radius 1 is 1.44 bits per heavy atom. The third kappa shape index (κ3) is 4.34. The number of amides is 1. The van der Waals surface area contributed by atoms with Crippen molar-refractivity contribution in [3.63, 3.8) is 0 Å². The molecule has 0 atom stereocenters. The Morgan fingerprint density at radius 2 is 2.22 bits per heavy atom. The molecule has 1 aromatic rings. The molecule has 0 saturated heterocycles. The fraction of sp³-hybridized carbons (Fsp3) is 0.385. The molecule has 0 heterocycles. The molecular weight excluding hydrogens is 228 g/mol. The minimum absolute atomic E-state index is 0.0281. The average molecular weight is 246 g/mol. The number of hydrogen-bond acceptors (Lipinski definition) is 4. The van der Waals surface area contributed by atoms with E-state index in [1.54, 1.807) is 18.2 Å². The first-order chi connectivity index (χ1) is 8.67. The first-order valence-electron chi connectivity index (χ1n) is 5.97. The minimum atomic E-state index is 0.0281. The van der Waals surface area contributed by atoms with Crippen molar-refractivity contribution in [1.29, 1.82) is 5.26 Å². The van der Waals surface area contributed by atoms with Crippen LogP contribution >= 0.6 is 0 Å². The summed E-state index contributed by atoms with van der Waals surface area (Å²) in [5.74, 6) is 0.0281. The van der Waals surface area contributed by atoms with Crippen LogP contribution in [0.4, 0.5) is 11.4 Å². The van der Waals surface area contributed by atoms with E-state index in [4.69, 9.17) is 11.0 Å². The van der Waals surface area contributed by atoms with Gasteiger partial charge in [0.2, 0.25) is 5.91 Å². The number of carbonyl (C=O) groups excluding carboxylic acids is 1. The first kappa shape index (κ1) is 13.8. The van der Waals surface area contributed by atoms with Crippen LogP contribution in [0.2, 0.25) is 0 Å². The van der Waals surface area contributed by atoms with Gasteiger partial charge in [0, 0.05) is 30.9 Å². The lowest BCUT2D eigenvalue weighted by atomic mass is 10.2. The van der Waals surface area contributed by atoms with Crippen molar-refractivity contribution in [3.8, 4) is 6.07 Å². The molecule has 5 heteroatoms. The number of nitrogens with two attached hydrogens (primary N) is 1. The second-order valence-electron chi connectivity index (χ2n) is 3.94. The molecule has 0 aromatic heterocycles. The van der Waals surface area contributed by atoms with Gasteiger partial charge < -0.3 is 16.4 Å². The summed E-state index contributed by atoms with van der Waals surface area (Å²) in [7, 11) is 0. The lowest BCUT2D eigenvalue weighted by Gasteiger charge is -2.08. The molecule has 0 unspecified atom stereocenters. The summed E-state index contributed by atoms with van der Waals surface area (Å²) >= 11 is 0. The summed E-state index contributed by atoms with van der Waals surface area (Å²) in [6.07, 6.45) is 1.34. The summed E-state index contributed by atoms with van der Waals surface area (Å²) in [5, 5.41) is 14.7. The number of nitrogens with one attached hydrogen (secondary N) is 2. The van der Waals surface area contributed by atoms with Gasteiger partial charge in [0.05, 0.1) is 5.56 Å². The number of nitrogens with zero attached hydrogens (tertiary/aromatic N) is 1. The molecule has 1 amide bonds. The van der Waals surface area contributed by atoms with Crippen molar-refractivity contribution < 1.29 is 4.79 Å². The highest BCUT2D eigenvalue weighted by atomic mass is 16.1. The van der Waals surface area contributed by atoms with E-state index >= 15 is 0 Å². The molecule has 0 saturated carbocycles. The van der Waals surface area contributed by atoms with Crippen molar-refractivity contribution in [2.45, 2.75) is 19.8 Å². The van der Waals surface area contributed by atoms with E-state index in [0.29, 0.717) is 30.8 Å². The third-order valence-electron chi connectivity index (χ3n) is 2.43. The van der Waals surface area contributed by atoms with Crippen molar-refractivity contribution in [3.05, 3.63) is 23.8 Å². The molecule has 1 aromatic carbocycles. The Morgan fingerprint density at radius 3 is 2.89 bits per heavy atom. The van der Waals surface area contributed by atoms with Gasteiger partial charge >= 0.3 is 0 Å². The minimum Gasteiger partial charge on any atom is -0.398 e. The molecule has 5 nitrogen and oxygen atoms in total. The first-order valence-corrected chi connectivity index (χ1v) is 5.97. The maximum atomic E-state index is 11.3. The van der Waals surface area contributed by atoms with Crippen LogP contribution < -0.4 is 16.4 Å². The molecule has 0 aliphatic heterocycles. The molecule has 4 N–H and O–H groups in total. The van der Waals surface area contributed by atoms with E-state index in [9.17, 15) is 4.79 Å². The Hall–Kier alpha value is -2.22. The fourth-order valence-electron chi connectivity index (χ4n) is 1.44. The molecular formula is C13H18N4O. The number of benzene rings is 1. The van der Waals surface area contributed by atoms with Gasteiger partial charge in [-0.15, -0.1) is 0 Å². The van der Waals surface area contributed by atoms with Crippen LogP contribution in [-0.2, 0) is 4.79 Å². The highest BCUT2D eigenvalue weighted by molar-refractivity contribution is 5.76. The van der Waals surface area contributed by atoms with Crippen molar-refractivity contribution in [2.75, 3.05) is 24.1 Å². The normalized spacial score (nSPS) is 9.56. The van der Waals surface area contributed by atoms with Crippen LogP contribution in [0.25, 0.3) is 0 Å². The highest BCUT2D eigenvalue weighted by Crippen LogP contribution is 2.16. The molecule has 0 radical (unpaired) electrons. The highest BCUT2D eigenvalue weighted by Gasteiger charge is 2.02. The molecule has 18 heavy (non-hydrogen) atoms. The van der Waals surface area contributed by atoms with Crippen molar-refractivity contribution in [2.24, 2.45) is 0 Å². The zero-order valence-electron chi connectivity index (χ0n) is 10.5. The van der Waals surface area contributed by atoms with Gasteiger partial charge in [-0.2, -0.15) is 5.26 Å². The smallest absolute Gasteiger partial charge is 0.221 e. The van der Waals surface area contributed by atoms with Gasteiger partial charge in [-0.25, -0.2) is 0 Å². The Balaban J connectivity index is 2.40. The fourth-order valence-corrected chi connectivity index (χ4v) is 1.44. The Kier molecular flexibility index (Phi) is 5.52. The zero-order chi connectivity index (χ0) is 13.4. The molecule has 1 rings (SSSR count). The standard InChI is InChI=1S/C13H18N4O/c1-2-6-17-13(18)5-7-16-11-3-4-12(15)10(8-11)9-14/h3-4,8,16H,2,5-7,15H2,1H3,(H,17,18). The maximum absolute atomic E-state index is 11.3. The summed E-state index contributed by atoms with van der Waals surface area (Å²) in [6.45, 7) is 3.25. The molecule has 0 bridgehead atoms. The van der Waals surface area contributed by atoms with Gasteiger partial charge in [-0.05, 0) is 24.6 Å². The molecule has 0 fully saturated rings. The summed E-state index contributed by atoms with van der Waals surface area (Å²) < 4.78 is 0. The van der Waals surface area contributed by atoms with Gasteiger partial charge in [0.15, 0.2) is 0 Å². The maximum Gasteiger partial charge on any atom is 0.221 e. The SMILES string of the molecule is CCCNC(=O)CCNc1ccc(N)c(C#N)c1. The van der Waals surface area contributed by atoms with E-state index in [1.165, 1.54) is 0 Å².